The molecule has 0 radical (unpaired) electrons. The summed E-state index contributed by atoms with van der Waals surface area (Å²) < 4.78 is 12.8. The van der Waals surface area contributed by atoms with Gasteiger partial charge in [0.05, 0.1) is 10.8 Å². The Bertz CT molecular complexity index is 739. The molecule has 2 heterocycles. The zero-order valence-corrected chi connectivity index (χ0v) is 15.0. The molecule has 0 saturated carbocycles. The Morgan fingerprint density at radius 2 is 1.71 bits per heavy atom. The minimum atomic E-state index is -1.09. The minimum absolute atomic E-state index is 0.660. The predicted octanol–water partition coefficient (Wildman–Crippen LogP) is 3.31. The molecular formula is C20H24N2OS. The first-order valence-corrected chi connectivity index (χ1v) is 9.92. The Morgan fingerprint density at radius 1 is 0.958 bits per heavy atom. The van der Waals surface area contributed by atoms with Crippen LogP contribution in [0.25, 0.3) is 0 Å². The van der Waals surface area contributed by atoms with Crippen molar-refractivity contribution in [1.82, 2.24) is 4.90 Å². The second-order valence-electron chi connectivity index (χ2n) is 6.85. The smallest absolute Gasteiger partial charge is 0.0849 e. The highest BCUT2D eigenvalue weighted by Crippen LogP contribution is 2.34. The van der Waals surface area contributed by atoms with Crippen LogP contribution in [0, 0.1) is 0 Å². The van der Waals surface area contributed by atoms with Gasteiger partial charge in [0.2, 0.25) is 0 Å². The molecule has 2 aliphatic rings. The summed E-state index contributed by atoms with van der Waals surface area (Å²) in [5.41, 5.74) is 2.72. The molecule has 0 aromatic heterocycles. The second kappa shape index (κ2) is 6.69. The molecule has 2 aliphatic heterocycles. The minimum Gasteiger partial charge on any atom is -0.368 e. The molecule has 24 heavy (non-hydrogen) atoms. The number of hydrogen-bond donors (Lipinski definition) is 0. The molecule has 3 nitrogen and oxygen atoms in total. The summed E-state index contributed by atoms with van der Waals surface area (Å²) in [6, 6.07) is 16.8. The average Bonchev–Trinajstić information content (AvgIpc) is 3.05. The van der Waals surface area contributed by atoms with Crippen LogP contribution in [0.5, 0.6) is 0 Å². The quantitative estimate of drug-likeness (QED) is 0.856. The molecule has 2 aromatic carbocycles. The lowest BCUT2D eigenvalue weighted by molar-refractivity contribution is 0.251. The fraction of sp³-hybridized carbons (Fsp3) is 0.400. The van der Waals surface area contributed by atoms with Gasteiger partial charge in [-0.15, -0.1) is 0 Å². The van der Waals surface area contributed by atoms with Crippen molar-refractivity contribution < 1.29 is 4.21 Å². The maximum Gasteiger partial charge on any atom is 0.0849 e. The second-order valence-corrected chi connectivity index (χ2v) is 8.33. The van der Waals surface area contributed by atoms with Crippen LogP contribution in [0.2, 0.25) is 0 Å². The van der Waals surface area contributed by atoms with Gasteiger partial charge in [-0.1, -0.05) is 18.2 Å². The standard InChI is InChI=1S/C20H24N2OS/c1-21-12-10-17(11-13-21)22-14-9-16-15-19(7-8-20(16)22)24(23)18-5-3-2-4-6-18/h2-8,15,17H,9-14H2,1H3. The summed E-state index contributed by atoms with van der Waals surface area (Å²) in [5, 5.41) is 0. The van der Waals surface area contributed by atoms with Crippen molar-refractivity contribution in [2.24, 2.45) is 0 Å². The highest BCUT2D eigenvalue weighted by molar-refractivity contribution is 7.85. The van der Waals surface area contributed by atoms with E-state index >= 15 is 0 Å². The Kier molecular flexibility index (Phi) is 4.42. The summed E-state index contributed by atoms with van der Waals surface area (Å²) >= 11 is 0. The average molecular weight is 340 g/mol. The van der Waals surface area contributed by atoms with E-state index in [-0.39, 0.29) is 0 Å². The van der Waals surface area contributed by atoms with E-state index in [4.69, 9.17) is 0 Å². The van der Waals surface area contributed by atoms with Gasteiger partial charge in [0, 0.05) is 28.1 Å². The van der Waals surface area contributed by atoms with Crippen molar-refractivity contribution >= 4 is 16.5 Å². The molecule has 1 atom stereocenters. The van der Waals surface area contributed by atoms with Crippen LogP contribution in [0.4, 0.5) is 5.69 Å². The zero-order chi connectivity index (χ0) is 16.5. The molecule has 0 amide bonds. The number of benzene rings is 2. The summed E-state index contributed by atoms with van der Waals surface area (Å²) in [6.07, 6.45) is 3.56. The topological polar surface area (TPSA) is 23.6 Å². The van der Waals surface area contributed by atoms with E-state index < -0.39 is 10.8 Å². The number of hydrogen-bond acceptors (Lipinski definition) is 3. The Hall–Kier alpha value is -1.65. The molecule has 0 aliphatic carbocycles. The predicted molar refractivity (Wildman–Crippen MR) is 99.1 cm³/mol. The molecule has 4 heteroatoms. The number of piperidine rings is 1. The third-order valence-corrected chi connectivity index (χ3v) is 6.67. The maximum atomic E-state index is 12.8. The van der Waals surface area contributed by atoms with Gasteiger partial charge in [0.25, 0.3) is 0 Å². The van der Waals surface area contributed by atoms with Crippen LogP contribution in [0.15, 0.2) is 58.3 Å². The number of nitrogens with zero attached hydrogens (tertiary/aromatic N) is 2. The first-order chi connectivity index (χ1) is 11.7. The lowest BCUT2D eigenvalue weighted by atomic mass is 10.0. The lowest BCUT2D eigenvalue weighted by Crippen LogP contribution is -2.43. The van der Waals surface area contributed by atoms with Crippen LogP contribution >= 0.6 is 0 Å². The normalized spacial score (nSPS) is 20.1. The Morgan fingerprint density at radius 3 is 2.46 bits per heavy atom. The number of fused-ring (bicyclic) bond motifs is 1. The van der Waals surface area contributed by atoms with Crippen LogP contribution in [0.1, 0.15) is 18.4 Å². The van der Waals surface area contributed by atoms with Crippen molar-refractivity contribution in [3.05, 3.63) is 54.1 Å². The zero-order valence-electron chi connectivity index (χ0n) is 14.1. The highest BCUT2D eigenvalue weighted by atomic mass is 32.2. The fourth-order valence-electron chi connectivity index (χ4n) is 3.89. The van der Waals surface area contributed by atoms with Gasteiger partial charge in [0.1, 0.15) is 0 Å². The lowest BCUT2D eigenvalue weighted by Gasteiger charge is -2.36. The molecule has 1 saturated heterocycles. The van der Waals surface area contributed by atoms with Crippen molar-refractivity contribution in [3.8, 4) is 0 Å². The van der Waals surface area contributed by atoms with Gasteiger partial charge >= 0.3 is 0 Å². The molecule has 1 fully saturated rings. The third kappa shape index (κ3) is 3.01. The number of likely N-dealkylation sites (tertiary alicyclic amines) is 1. The molecule has 1 unspecified atom stereocenters. The Labute approximate surface area is 146 Å². The van der Waals surface area contributed by atoms with Crippen LogP contribution in [-0.2, 0) is 17.2 Å². The molecule has 2 aromatic rings. The monoisotopic (exact) mass is 340 g/mol. The summed E-state index contributed by atoms with van der Waals surface area (Å²) in [4.78, 5) is 6.80. The van der Waals surface area contributed by atoms with Crippen LogP contribution < -0.4 is 4.90 Å². The summed E-state index contributed by atoms with van der Waals surface area (Å²) in [6.45, 7) is 3.48. The van der Waals surface area contributed by atoms with E-state index in [9.17, 15) is 4.21 Å². The van der Waals surface area contributed by atoms with Crippen molar-refractivity contribution in [2.75, 3.05) is 31.6 Å². The summed E-state index contributed by atoms with van der Waals surface area (Å²) in [5.74, 6) is 0. The van der Waals surface area contributed by atoms with Gasteiger partial charge in [-0.3, -0.25) is 0 Å². The van der Waals surface area contributed by atoms with E-state index in [0.29, 0.717) is 6.04 Å². The van der Waals surface area contributed by atoms with Crippen molar-refractivity contribution in [1.29, 1.82) is 0 Å². The highest BCUT2D eigenvalue weighted by Gasteiger charge is 2.28. The molecule has 0 N–H and O–H groups in total. The van der Waals surface area contributed by atoms with Gasteiger partial charge in [-0.2, -0.15) is 0 Å². The first kappa shape index (κ1) is 15.9. The van der Waals surface area contributed by atoms with E-state index in [1.165, 1.54) is 37.2 Å². The SMILES string of the molecule is CN1CCC(N2CCc3cc(S(=O)c4ccccc4)ccc32)CC1. The van der Waals surface area contributed by atoms with Gasteiger partial charge < -0.3 is 9.80 Å². The fourth-order valence-corrected chi connectivity index (χ4v) is 5.00. The van der Waals surface area contributed by atoms with Crippen LogP contribution in [-0.4, -0.2) is 41.8 Å². The number of rotatable bonds is 3. The molecule has 0 bridgehead atoms. The van der Waals surface area contributed by atoms with E-state index in [1.807, 2.05) is 30.3 Å². The number of anilines is 1. The summed E-state index contributed by atoms with van der Waals surface area (Å²) in [7, 11) is 1.12. The van der Waals surface area contributed by atoms with Gasteiger partial charge in [0.15, 0.2) is 0 Å². The molecule has 0 spiro atoms. The van der Waals surface area contributed by atoms with E-state index in [2.05, 4.69) is 35.0 Å². The maximum absolute atomic E-state index is 12.8. The van der Waals surface area contributed by atoms with Crippen molar-refractivity contribution in [2.45, 2.75) is 35.1 Å². The van der Waals surface area contributed by atoms with Crippen LogP contribution in [0.3, 0.4) is 0 Å². The molecular weight excluding hydrogens is 316 g/mol. The first-order valence-electron chi connectivity index (χ1n) is 8.77. The van der Waals surface area contributed by atoms with E-state index in [0.717, 1.165) is 22.8 Å². The van der Waals surface area contributed by atoms with Gasteiger partial charge in [-0.05, 0) is 75.3 Å². The van der Waals surface area contributed by atoms with Crippen molar-refractivity contribution in [3.63, 3.8) is 0 Å². The largest absolute Gasteiger partial charge is 0.368 e. The molecule has 126 valence electrons. The van der Waals surface area contributed by atoms with Gasteiger partial charge in [-0.25, -0.2) is 4.21 Å². The van der Waals surface area contributed by atoms with E-state index in [1.54, 1.807) is 0 Å². The third-order valence-electron chi connectivity index (χ3n) is 5.28. The Balaban J connectivity index is 1.56. The molecule has 4 rings (SSSR count).